The van der Waals surface area contributed by atoms with Gasteiger partial charge in [-0.25, -0.2) is 4.79 Å². The van der Waals surface area contributed by atoms with E-state index >= 15 is 0 Å². The number of carbonyl (C=O) groups excluding carboxylic acids is 2. The molecule has 6 nitrogen and oxygen atoms in total. The van der Waals surface area contributed by atoms with Crippen LogP contribution in [0.1, 0.15) is 40.3 Å². The summed E-state index contributed by atoms with van der Waals surface area (Å²) < 4.78 is 17.9. The van der Waals surface area contributed by atoms with E-state index in [2.05, 4.69) is 4.57 Å². The van der Waals surface area contributed by atoms with E-state index < -0.39 is 5.97 Å². The van der Waals surface area contributed by atoms with E-state index in [1.54, 1.807) is 12.1 Å². The molecule has 0 unspecified atom stereocenters. The van der Waals surface area contributed by atoms with Crippen LogP contribution >= 0.6 is 0 Å². The summed E-state index contributed by atoms with van der Waals surface area (Å²) in [5, 5.41) is 0. The van der Waals surface area contributed by atoms with Crippen LogP contribution in [0.15, 0.2) is 35.0 Å². The molecule has 1 atom stereocenters. The van der Waals surface area contributed by atoms with Gasteiger partial charge in [-0.05, 0) is 51.0 Å². The third kappa shape index (κ3) is 4.32. The molecule has 138 valence electrons. The molecule has 3 rings (SSSR count). The number of rotatable bonds is 7. The van der Waals surface area contributed by atoms with Crippen LogP contribution < -0.4 is 0 Å². The zero-order chi connectivity index (χ0) is 18.5. The van der Waals surface area contributed by atoms with E-state index in [1.807, 2.05) is 19.9 Å². The Morgan fingerprint density at radius 3 is 2.92 bits per heavy atom. The highest BCUT2D eigenvalue weighted by Crippen LogP contribution is 2.20. The molecule has 6 heteroatoms. The van der Waals surface area contributed by atoms with Gasteiger partial charge in [0.05, 0.1) is 12.4 Å². The number of nitrogens with zero attached hydrogens (tertiary/aromatic N) is 1. The van der Waals surface area contributed by atoms with Gasteiger partial charge in [-0.2, -0.15) is 0 Å². The van der Waals surface area contributed by atoms with Gasteiger partial charge in [-0.15, -0.1) is 0 Å². The molecule has 1 saturated heterocycles. The quantitative estimate of drug-likeness (QED) is 0.432. The number of hydrogen-bond acceptors (Lipinski definition) is 5. The molecule has 0 aromatic carbocycles. The highest BCUT2D eigenvalue weighted by atomic mass is 16.5. The van der Waals surface area contributed by atoms with Crippen LogP contribution in [-0.2, 0) is 20.8 Å². The van der Waals surface area contributed by atoms with Gasteiger partial charge >= 0.3 is 5.97 Å². The van der Waals surface area contributed by atoms with Crippen molar-refractivity contribution in [3.05, 3.63) is 53.2 Å². The van der Waals surface area contributed by atoms with Crippen LogP contribution in [0.5, 0.6) is 0 Å². The van der Waals surface area contributed by atoms with Crippen LogP contribution in [0.2, 0.25) is 0 Å². The lowest BCUT2D eigenvalue weighted by atomic mass is 10.1. The smallest absolute Gasteiger partial charge is 0.331 e. The summed E-state index contributed by atoms with van der Waals surface area (Å²) in [6.45, 7) is 5.14. The largest absolute Gasteiger partial charge is 0.465 e. The fourth-order valence-corrected chi connectivity index (χ4v) is 3.16. The van der Waals surface area contributed by atoms with Crippen LogP contribution in [0.3, 0.4) is 0 Å². The molecule has 0 radical (unpaired) electrons. The fourth-order valence-electron chi connectivity index (χ4n) is 3.16. The van der Waals surface area contributed by atoms with E-state index in [4.69, 9.17) is 13.9 Å². The van der Waals surface area contributed by atoms with Gasteiger partial charge in [0.25, 0.3) is 0 Å². The molecule has 26 heavy (non-hydrogen) atoms. The van der Waals surface area contributed by atoms with E-state index in [0.29, 0.717) is 11.3 Å². The SMILES string of the molecule is Cc1cc(C(=O)COC(=O)/C=C/c2ccco2)c(C)n1C[C@@H]1CCCO1. The van der Waals surface area contributed by atoms with E-state index in [1.165, 1.54) is 18.4 Å². The van der Waals surface area contributed by atoms with Crippen molar-refractivity contribution < 1.29 is 23.5 Å². The van der Waals surface area contributed by atoms with Crippen molar-refractivity contribution in [1.82, 2.24) is 4.57 Å². The highest BCUT2D eigenvalue weighted by molar-refractivity contribution is 6.00. The molecule has 0 amide bonds. The Balaban J connectivity index is 1.58. The summed E-state index contributed by atoms with van der Waals surface area (Å²) in [5.41, 5.74) is 2.47. The van der Waals surface area contributed by atoms with Crippen molar-refractivity contribution in [3.8, 4) is 0 Å². The maximum atomic E-state index is 12.4. The predicted octanol–water partition coefficient (Wildman–Crippen LogP) is 3.32. The fraction of sp³-hybridized carbons (Fsp3) is 0.400. The summed E-state index contributed by atoms with van der Waals surface area (Å²) in [4.78, 5) is 24.2. The van der Waals surface area contributed by atoms with Crippen molar-refractivity contribution in [2.75, 3.05) is 13.2 Å². The Morgan fingerprint density at radius 2 is 2.23 bits per heavy atom. The molecule has 1 fully saturated rings. The van der Waals surface area contributed by atoms with Gasteiger partial charge < -0.3 is 18.5 Å². The molecule has 2 aromatic rings. The first-order chi connectivity index (χ1) is 12.5. The Kier molecular flexibility index (Phi) is 5.73. The monoisotopic (exact) mass is 357 g/mol. The maximum absolute atomic E-state index is 12.4. The predicted molar refractivity (Wildman–Crippen MR) is 95.9 cm³/mol. The molecule has 0 spiro atoms. The summed E-state index contributed by atoms with van der Waals surface area (Å²) >= 11 is 0. The first-order valence-corrected chi connectivity index (χ1v) is 8.74. The average molecular weight is 357 g/mol. The van der Waals surface area contributed by atoms with Crippen LogP contribution in [0, 0.1) is 13.8 Å². The number of carbonyl (C=O) groups is 2. The third-order valence-corrected chi connectivity index (χ3v) is 4.56. The van der Waals surface area contributed by atoms with Crippen molar-refractivity contribution in [3.63, 3.8) is 0 Å². The Morgan fingerprint density at radius 1 is 1.38 bits per heavy atom. The number of ketones is 1. The summed E-state index contributed by atoms with van der Waals surface area (Å²) in [6, 6.07) is 5.29. The van der Waals surface area contributed by atoms with Crippen LogP contribution in [0.4, 0.5) is 0 Å². The molecule has 1 aliphatic rings. The minimum atomic E-state index is -0.581. The second kappa shape index (κ2) is 8.19. The number of aromatic nitrogens is 1. The number of Topliss-reactive ketones (excluding diaryl/α,β-unsaturated/α-hetero) is 1. The number of esters is 1. The zero-order valence-corrected chi connectivity index (χ0v) is 15.1. The maximum Gasteiger partial charge on any atom is 0.331 e. The normalized spacial score (nSPS) is 17.1. The third-order valence-electron chi connectivity index (χ3n) is 4.56. The topological polar surface area (TPSA) is 70.7 Å². The van der Waals surface area contributed by atoms with Crippen molar-refractivity contribution in [2.45, 2.75) is 39.3 Å². The van der Waals surface area contributed by atoms with E-state index in [9.17, 15) is 9.59 Å². The van der Waals surface area contributed by atoms with Crippen LogP contribution in [0.25, 0.3) is 6.08 Å². The number of aryl methyl sites for hydroxylation is 1. The summed E-state index contributed by atoms with van der Waals surface area (Å²) in [6.07, 6.45) is 6.58. The minimum Gasteiger partial charge on any atom is -0.465 e. The second-order valence-corrected chi connectivity index (χ2v) is 6.41. The van der Waals surface area contributed by atoms with E-state index in [-0.39, 0.29) is 18.5 Å². The standard InChI is InChI=1S/C20H23NO5/c1-14-11-18(15(2)21(14)12-17-6-4-10-25-17)19(22)13-26-20(23)8-7-16-5-3-9-24-16/h3,5,7-9,11,17H,4,6,10,12-13H2,1-2H3/b8-7+/t17-/m0/s1. The lowest BCUT2D eigenvalue weighted by molar-refractivity contribution is -0.136. The molecule has 1 aliphatic heterocycles. The first-order valence-electron chi connectivity index (χ1n) is 8.74. The van der Waals surface area contributed by atoms with Gasteiger partial charge in [0.1, 0.15) is 5.76 Å². The minimum absolute atomic E-state index is 0.201. The van der Waals surface area contributed by atoms with Crippen LogP contribution in [-0.4, -0.2) is 35.6 Å². The molecule has 0 aliphatic carbocycles. The second-order valence-electron chi connectivity index (χ2n) is 6.41. The van der Waals surface area contributed by atoms with E-state index in [0.717, 1.165) is 37.4 Å². The molecular weight excluding hydrogens is 334 g/mol. The number of hydrogen-bond donors (Lipinski definition) is 0. The Bertz CT molecular complexity index is 795. The van der Waals surface area contributed by atoms with Gasteiger partial charge in [-0.1, -0.05) is 0 Å². The van der Waals surface area contributed by atoms with Crippen molar-refractivity contribution in [1.29, 1.82) is 0 Å². The van der Waals surface area contributed by atoms with Gasteiger partial charge in [0.2, 0.25) is 5.78 Å². The average Bonchev–Trinajstić information content (AvgIpc) is 3.37. The number of furan rings is 1. The lowest BCUT2D eigenvalue weighted by Gasteiger charge is -2.14. The summed E-state index contributed by atoms with van der Waals surface area (Å²) in [7, 11) is 0. The molecule has 3 heterocycles. The molecule has 0 N–H and O–H groups in total. The summed E-state index contributed by atoms with van der Waals surface area (Å²) in [5.74, 6) is -0.245. The van der Waals surface area contributed by atoms with Gasteiger partial charge in [0.15, 0.2) is 6.61 Å². The number of ether oxygens (including phenoxy) is 2. The highest BCUT2D eigenvalue weighted by Gasteiger charge is 2.21. The lowest BCUT2D eigenvalue weighted by Crippen LogP contribution is -2.18. The Hall–Kier alpha value is -2.60. The van der Waals surface area contributed by atoms with Gasteiger partial charge in [0, 0.05) is 36.2 Å². The zero-order valence-electron chi connectivity index (χ0n) is 15.1. The molecule has 0 bridgehead atoms. The molecule has 0 saturated carbocycles. The molecule has 2 aromatic heterocycles. The van der Waals surface area contributed by atoms with Crippen molar-refractivity contribution >= 4 is 17.8 Å². The van der Waals surface area contributed by atoms with Crippen molar-refractivity contribution in [2.24, 2.45) is 0 Å². The Labute approximate surface area is 152 Å². The first kappa shape index (κ1) is 18.2. The van der Waals surface area contributed by atoms with Gasteiger partial charge in [-0.3, -0.25) is 4.79 Å². The molecular formula is C20H23NO5.